The first-order chi connectivity index (χ1) is 12.1. The van der Waals surface area contributed by atoms with E-state index in [9.17, 15) is 4.79 Å². The quantitative estimate of drug-likeness (QED) is 0.394. The molecule has 1 aliphatic rings. The zero-order chi connectivity index (χ0) is 17.9. The van der Waals surface area contributed by atoms with Crippen molar-refractivity contribution in [2.45, 2.75) is 57.9 Å². The van der Waals surface area contributed by atoms with Gasteiger partial charge in [-0.15, -0.1) is 0 Å². The van der Waals surface area contributed by atoms with Gasteiger partial charge in [0.15, 0.2) is 0 Å². The fraction of sp³-hybridized carbons (Fsp3) is 0.571. The van der Waals surface area contributed by atoms with Gasteiger partial charge in [0.1, 0.15) is 0 Å². The molecule has 0 bridgehead atoms. The average Bonchev–Trinajstić information content (AvgIpc) is 2.60. The van der Waals surface area contributed by atoms with Crippen LogP contribution in [0.2, 0.25) is 0 Å². The first-order valence-electron chi connectivity index (χ1n) is 9.49. The van der Waals surface area contributed by atoms with E-state index in [0.29, 0.717) is 12.3 Å². The molecule has 0 unspecified atom stereocenters. The van der Waals surface area contributed by atoms with Gasteiger partial charge < -0.3 is 10.4 Å². The van der Waals surface area contributed by atoms with Gasteiger partial charge in [0.25, 0.3) is 0 Å². The standard InChI is InChI=1S/C21H30BrNO2/c22-20-13-11-17(12-14-20)15-23-16-19-9-6-5-8-18(19)7-3-1-2-4-10-21(24)25/h3,7,11-14,18-19,23H,1-2,4-6,8-10,15-16H2,(H,24,25)/b7-3-/t18-,19+/m0/s1. The predicted octanol–water partition coefficient (Wildman–Crippen LogP) is 5.55. The van der Waals surface area contributed by atoms with Crippen LogP contribution >= 0.6 is 15.9 Å². The second-order valence-electron chi connectivity index (χ2n) is 7.03. The number of hydrogen-bond acceptors (Lipinski definition) is 2. The molecule has 1 fully saturated rings. The van der Waals surface area contributed by atoms with Crippen LogP contribution < -0.4 is 5.32 Å². The normalized spacial score (nSPS) is 20.8. The Labute approximate surface area is 160 Å². The summed E-state index contributed by atoms with van der Waals surface area (Å²) in [5.41, 5.74) is 1.32. The molecular weight excluding hydrogens is 378 g/mol. The van der Waals surface area contributed by atoms with E-state index in [2.05, 4.69) is 57.7 Å². The molecule has 0 amide bonds. The van der Waals surface area contributed by atoms with E-state index < -0.39 is 5.97 Å². The monoisotopic (exact) mass is 407 g/mol. The Kier molecular flexibility index (Phi) is 9.27. The average molecular weight is 408 g/mol. The van der Waals surface area contributed by atoms with Crippen molar-refractivity contribution in [3.05, 3.63) is 46.5 Å². The van der Waals surface area contributed by atoms with Crippen LogP contribution in [-0.2, 0) is 11.3 Å². The lowest BCUT2D eigenvalue weighted by Crippen LogP contribution is -2.29. The number of halogens is 1. The van der Waals surface area contributed by atoms with Crippen molar-refractivity contribution in [2.24, 2.45) is 11.8 Å². The third kappa shape index (κ3) is 8.19. The highest BCUT2D eigenvalue weighted by Gasteiger charge is 2.22. The molecule has 1 aromatic rings. The number of unbranched alkanes of at least 4 members (excludes halogenated alkanes) is 2. The minimum atomic E-state index is -0.687. The first-order valence-corrected chi connectivity index (χ1v) is 10.3. The Morgan fingerprint density at radius 3 is 2.72 bits per heavy atom. The first kappa shape index (κ1) is 20.2. The fourth-order valence-electron chi connectivity index (χ4n) is 3.56. The summed E-state index contributed by atoms with van der Waals surface area (Å²) >= 11 is 3.47. The van der Waals surface area contributed by atoms with Crippen LogP contribution in [0, 0.1) is 11.8 Å². The fourth-order valence-corrected chi connectivity index (χ4v) is 3.82. The largest absolute Gasteiger partial charge is 0.481 e. The highest BCUT2D eigenvalue weighted by Crippen LogP contribution is 2.31. The predicted molar refractivity (Wildman–Crippen MR) is 107 cm³/mol. The maximum absolute atomic E-state index is 10.5. The number of rotatable bonds is 10. The molecule has 0 heterocycles. The minimum Gasteiger partial charge on any atom is -0.481 e. The Balaban J connectivity index is 1.70. The zero-order valence-corrected chi connectivity index (χ0v) is 16.5. The van der Waals surface area contributed by atoms with Crippen molar-refractivity contribution in [3.8, 4) is 0 Å². The molecule has 0 aromatic heterocycles. The molecule has 4 heteroatoms. The van der Waals surface area contributed by atoms with Gasteiger partial charge in [-0.3, -0.25) is 4.79 Å². The van der Waals surface area contributed by atoms with E-state index in [-0.39, 0.29) is 0 Å². The van der Waals surface area contributed by atoms with Crippen LogP contribution in [0.1, 0.15) is 56.9 Å². The third-order valence-corrected chi connectivity index (χ3v) is 5.54. The topological polar surface area (TPSA) is 49.3 Å². The van der Waals surface area contributed by atoms with Gasteiger partial charge in [-0.05, 0) is 68.2 Å². The van der Waals surface area contributed by atoms with Gasteiger partial charge in [-0.1, -0.05) is 53.1 Å². The number of hydrogen-bond donors (Lipinski definition) is 2. The smallest absolute Gasteiger partial charge is 0.303 e. The molecule has 1 aliphatic carbocycles. The van der Waals surface area contributed by atoms with Crippen molar-refractivity contribution >= 4 is 21.9 Å². The summed E-state index contributed by atoms with van der Waals surface area (Å²) < 4.78 is 1.12. The van der Waals surface area contributed by atoms with Gasteiger partial charge in [-0.2, -0.15) is 0 Å². The van der Waals surface area contributed by atoms with E-state index >= 15 is 0 Å². The number of allylic oxidation sites excluding steroid dienone is 2. The SMILES string of the molecule is O=C(O)CCCC/C=C\[C@H]1CCCC[C@@H]1CNCc1ccc(Br)cc1. The van der Waals surface area contributed by atoms with Crippen LogP contribution in [0.25, 0.3) is 0 Å². The molecule has 2 N–H and O–H groups in total. The van der Waals surface area contributed by atoms with Gasteiger partial charge in [0.2, 0.25) is 0 Å². The van der Waals surface area contributed by atoms with Crippen LogP contribution in [0.5, 0.6) is 0 Å². The van der Waals surface area contributed by atoms with Crippen molar-refractivity contribution in [2.75, 3.05) is 6.54 Å². The Bertz CT molecular complexity index is 541. The van der Waals surface area contributed by atoms with Crippen molar-refractivity contribution in [1.82, 2.24) is 5.32 Å². The van der Waals surface area contributed by atoms with Crippen LogP contribution in [-0.4, -0.2) is 17.6 Å². The molecule has 1 saturated carbocycles. The lowest BCUT2D eigenvalue weighted by molar-refractivity contribution is -0.137. The van der Waals surface area contributed by atoms with Crippen LogP contribution in [0.15, 0.2) is 40.9 Å². The second kappa shape index (κ2) is 11.5. The zero-order valence-electron chi connectivity index (χ0n) is 14.9. The molecular formula is C21H30BrNO2. The molecule has 0 aliphatic heterocycles. The molecule has 3 nitrogen and oxygen atoms in total. The van der Waals surface area contributed by atoms with Crippen molar-refractivity contribution in [3.63, 3.8) is 0 Å². The molecule has 138 valence electrons. The number of carbonyl (C=O) groups is 1. The number of carboxylic acids is 1. The Morgan fingerprint density at radius 1 is 1.20 bits per heavy atom. The Hall–Kier alpha value is -1.13. The molecule has 0 saturated heterocycles. The van der Waals surface area contributed by atoms with E-state index in [4.69, 9.17) is 5.11 Å². The van der Waals surface area contributed by atoms with E-state index in [0.717, 1.165) is 42.7 Å². The summed E-state index contributed by atoms with van der Waals surface area (Å²) in [5.74, 6) is 0.707. The summed E-state index contributed by atoms with van der Waals surface area (Å²) in [6.45, 7) is 2.00. The summed E-state index contributed by atoms with van der Waals surface area (Å²) in [5, 5.41) is 12.3. The van der Waals surface area contributed by atoms with Gasteiger partial charge >= 0.3 is 5.97 Å². The summed E-state index contributed by atoms with van der Waals surface area (Å²) in [4.78, 5) is 10.5. The molecule has 0 radical (unpaired) electrons. The Morgan fingerprint density at radius 2 is 1.96 bits per heavy atom. The highest BCUT2D eigenvalue weighted by molar-refractivity contribution is 9.10. The van der Waals surface area contributed by atoms with Crippen LogP contribution in [0.4, 0.5) is 0 Å². The second-order valence-corrected chi connectivity index (χ2v) is 7.95. The lowest BCUT2D eigenvalue weighted by Gasteiger charge is -2.29. The number of nitrogens with one attached hydrogen (secondary N) is 1. The number of aliphatic carboxylic acids is 1. The van der Waals surface area contributed by atoms with Gasteiger partial charge in [-0.25, -0.2) is 0 Å². The van der Waals surface area contributed by atoms with Gasteiger partial charge in [0.05, 0.1) is 0 Å². The van der Waals surface area contributed by atoms with E-state index in [1.54, 1.807) is 0 Å². The molecule has 2 atom stereocenters. The summed E-state index contributed by atoms with van der Waals surface area (Å²) in [6, 6.07) is 8.50. The van der Waals surface area contributed by atoms with E-state index in [1.807, 2.05) is 0 Å². The summed E-state index contributed by atoms with van der Waals surface area (Å²) in [7, 11) is 0. The number of carboxylic acid groups (broad SMARTS) is 1. The molecule has 2 rings (SSSR count). The molecule has 0 spiro atoms. The third-order valence-electron chi connectivity index (χ3n) is 5.01. The van der Waals surface area contributed by atoms with Crippen molar-refractivity contribution in [1.29, 1.82) is 0 Å². The van der Waals surface area contributed by atoms with Crippen LogP contribution in [0.3, 0.4) is 0 Å². The summed E-state index contributed by atoms with van der Waals surface area (Å²) in [6.07, 6.45) is 13.0. The van der Waals surface area contributed by atoms with E-state index in [1.165, 1.54) is 31.2 Å². The van der Waals surface area contributed by atoms with Gasteiger partial charge in [0, 0.05) is 17.4 Å². The maximum atomic E-state index is 10.5. The lowest BCUT2D eigenvalue weighted by atomic mass is 9.79. The highest BCUT2D eigenvalue weighted by atomic mass is 79.9. The molecule has 25 heavy (non-hydrogen) atoms. The number of benzene rings is 1. The minimum absolute atomic E-state index is 0.292. The maximum Gasteiger partial charge on any atom is 0.303 e. The molecule has 1 aromatic carbocycles. The van der Waals surface area contributed by atoms with Crippen molar-refractivity contribution < 1.29 is 9.90 Å².